The molecule has 21 heavy (non-hydrogen) atoms. The molecule has 0 bridgehead atoms. The summed E-state index contributed by atoms with van der Waals surface area (Å²) >= 11 is 0. The summed E-state index contributed by atoms with van der Waals surface area (Å²) in [4.78, 5) is 25.3. The highest BCUT2D eigenvalue weighted by molar-refractivity contribution is 5.92. The molecule has 0 fully saturated rings. The number of ether oxygens (including phenoxy) is 1. The zero-order valence-corrected chi connectivity index (χ0v) is 11.7. The molecule has 1 aromatic heterocycles. The highest BCUT2D eigenvalue weighted by Crippen LogP contribution is 2.00. The van der Waals surface area contributed by atoms with Crippen LogP contribution >= 0.6 is 0 Å². The number of nitrogens with one attached hydrogen (secondary N) is 2. The first-order chi connectivity index (χ1) is 10.3. The standard InChI is InChI=1S/C16H18N2O3/c19-15-9-4-8-14(18-15)16(20)17-10-5-11-21-12-13-6-2-1-3-7-13/h1-4,6-9H,5,10-12H2,(H,17,20)(H,18,19). The Bertz CT molecular complexity index is 623. The number of aromatic nitrogens is 1. The van der Waals surface area contributed by atoms with Crippen LogP contribution in [-0.4, -0.2) is 24.0 Å². The van der Waals surface area contributed by atoms with Crippen LogP contribution in [0, 0.1) is 0 Å². The zero-order chi connectivity index (χ0) is 14.9. The van der Waals surface area contributed by atoms with Crippen molar-refractivity contribution in [2.24, 2.45) is 0 Å². The van der Waals surface area contributed by atoms with Gasteiger partial charge in [0.15, 0.2) is 0 Å². The third-order valence-corrected chi connectivity index (χ3v) is 2.88. The lowest BCUT2D eigenvalue weighted by atomic mass is 10.2. The first-order valence-electron chi connectivity index (χ1n) is 6.85. The number of H-pyrrole nitrogens is 1. The fourth-order valence-corrected chi connectivity index (χ4v) is 1.82. The van der Waals surface area contributed by atoms with Crippen molar-refractivity contribution in [1.82, 2.24) is 10.3 Å². The van der Waals surface area contributed by atoms with E-state index < -0.39 is 0 Å². The lowest BCUT2D eigenvalue weighted by Gasteiger charge is -2.06. The minimum Gasteiger partial charge on any atom is -0.377 e. The summed E-state index contributed by atoms with van der Waals surface area (Å²) in [6.45, 7) is 1.64. The van der Waals surface area contributed by atoms with E-state index in [0.717, 1.165) is 12.0 Å². The van der Waals surface area contributed by atoms with Gasteiger partial charge in [0.25, 0.3) is 5.91 Å². The number of carbonyl (C=O) groups excluding carboxylic acids is 1. The Morgan fingerprint density at radius 1 is 1.10 bits per heavy atom. The maximum Gasteiger partial charge on any atom is 0.267 e. The first-order valence-corrected chi connectivity index (χ1v) is 6.85. The van der Waals surface area contributed by atoms with Gasteiger partial charge < -0.3 is 15.0 Å². The molecule has 0 saturated carbocycles. The van der Waals surface area contributed by atoms with Crippen molar-refractivity contribution in [2.45, 2.75) is 13.0 Å². The molecule has 0 saturated heterocycles. The Labute approximate surface area is 123 Å². The van der Waals surface area contributed by atoms with Crippen molar-refractivity contribution in [1.29, 1.82) is 0 Å². The molecular formula is C16H18N2O3. The van der Waals surface area contributed by atoms with Crippen LogP contribution in [0.3, 0.4) is 0 Å². The lowest BCUT2D eigenvalue weighted by molar-refractivity contribution is 0.0929. The van der Waals surface area contributed by atoms with Gasteiger partial charge in [-0.25, -0.2) is 0 Å². The number of hydrogen-bond donors (Lipinski definition) is 2. The van der Waals surface area contributed by atoms with Gasteiger partial charge in [0, 0.05) is 19.2 Å². The topological polar surface area (TPSA) is 71.2 Å². The summed E-state index contributed by atoms with van der Waals surface area (Å²) in [5.41, 5.74) is 1.12. The van der Waals surface area contributed by atoms with E-state index in [-0.39, 0.29) is 17.2 Å². The van der Waals surface area contributed by atoms with Crippen molar-refractivity contribution < 1.29 is 9.53 Å². The number of aromatic amines is 1. The van der Waals surface area contributed by atoms with Gasteiger partial charge in [0.2, 0.25) is 5.56 Å². The Morgan fingerprint density at radius 2 is 1.90 bits per heavy atom. The van der Waals surface area contributed by atoms with Gasteiger partial charge in [-0.1, -0.05) is 36.4 Å². The minimum absolute atomic E-state index is 0.271. The number of pyridine rings is 1. The Morgan fingerprint density at radius 3 is 2.67 bits per heavy atom. The molecule has 2 aromatic rings. The molecule has 2 N–H and O–H groups in total. The van der Waals surface area contributed by atoms with Crippen LogP contribution in [0.15, 0.2) is 53.3 Å². The summed E-state index contributed by atoms with van der Waals surface area (Å²) in [7, 11) is 0. The van der Waals surface area contributed by atoms with Gasteiger partial charge in [0.05, 0.1) is 6.61 Å². The number of rotatable bonds is 7. The maximum absolute atomic E-state index is 11.7. The highest BCUT2D eigenvalue weighted by atomic mass is 16.5. The van der Waals surface area contributed by atoms with Gasteiger partial charge in [-0.2, -0.15) is 0 Å². The third-order valence-electron chi connectivity index (χ3n) is 2.88. The number of amides is 1. The quantitative estimate of drug-likeness (QED) is 0.761. The van der Waals surface area contributed by atoms with E-state index in [0.29, 0.717) is 19.8 Å². The SMILES string of the molecule is O=C(NCCCOCc1ccccc1)c1cccc(=O)[nH]1. The van der Waals surface area contributed by atoms with Crippen molar-refractivity contribution >= 4 is 5.91 Å². The summed E-state index contributed by atoms with van der Waals surface area (Å²) in [6.07, 6.45) is 0.718. The molecule has 1 amide bonds. The molecule has 0 atom stereocenters. The van der Waals surface area contributed by atoms with Gasteiger partial charge >= 0.3 is 0 Å². The molecular weight excluding hydrogens is 268 g/mol. The minimum atomic E-state index is -0.283. The molecule has 0 radical (unpaired) electrons. The summed E-state index contributed by atoms with van der Waals surface area (Å²) in [6, 6.07) is 14.4. The van der Waals surface area contributed by atoms with Crippen LogP contribution < -0.4 is 10.9 Å². The lowest BCUT2D eigenvalue weighted by Crippen LogP contribution is -2.27. The number of carbonyl (C=O) groups is 1. The van der Waals surface area contributed by atoms with Crippen LogP contribution in [0.5, 0.6) is 0 Å². The first kappa shape index (κ1) is 15.0. The van der Waals surface area contributed by atoms with Crippen LogP contribution in [0.1, 0.15) is 22.5 Å². The molecule has 0 unspecified atom stereocenters. The van der Waals surface area contributed by atoms with Gasteiger partial charge in [-0.05, 0) is 18.1 Å². The zero-order valence-electron chi connectivity index (χ0n) is 11.7. The fourth-order valence-electron chi connectivity index (χ4n) is 1.82. The number of hydrogen-bond acceptors (Lipinski definition) is 3. The molecule has 5 heteroatoms. The van der Waals surface area contributed by atoms with Crippen molar-refractivity contribution in [3.05, 3.63) is 70.1 Å². The average Bonchev–Trinajstić information content (AvgIpc) is 2.51. The molecule has 0 spiro atoms. The molecule has 0 aliphatic rings. The molecule has 110 valence electrons. The average molecular weight is 286 g/mol. The van der Waals surface area contributed by atoms with Gasteiger partial charge in [-0.3, -0.25) is 9.59 Å². The Balaban J connectivity index is 1.61. The molecule has 2 rings (SSSR count). The smallest absolute Gasteiger partial charge is 0.267 e. The van der Waals surface area contributed by atoms with E-state index >= 15 is 0 Å². The molecule has 0 aliphatic carbocycles. The third kappa shape index (κ3) is 5.24. The van der Waals surface area contributed by atoms with Gasteiger partial charge in [-0.15, -0.1) is 0 Å². The molecule has 1 heterocycles. The summed E-state index contributed by atoms with van der Waals surface area (Å²) in [5, 5.41) is 2.74. The van der Waals surface area contributed by atoms with E-state index in [9.17, 15) is 9.59 Å². The predicted molar refractivity (Wildman–Crippen MR) is 80.1 cm³/mol. The molecule has 1 aromatic carbocycles. The second-order valence-corrected chi connectivity index (χ2v) is 4.58. The summed E-state index contributed by atoms with van der Waals surface area (Å²) < 4.78 is 5.52. The second kappa shape index (κ2) is 8.01. The van der Waals surface area contributed by atoms with Crippen LogP contribution in [0.25, 0.3) is 0 Å². The second-order valence-electron chi connectivity index (χ2n) is 4.58. The normalized spacial score (nSPS) is 10.3. The van der Waals surface area contributed by atoms with Gasteiger partial charge in [0.1, 0.15) is 5.69 Å². The monoisotopic (exact) mass is 286 g/mol. The van der Waals surface area contributed by atoms with Crippen molar-refractivity contribution in [3.8, 4) is 0 Å². The maximum atomic E-state index is 11.7. The van der Waals surface area contributed by atoms with Crippen LogP contribution in [0.2, 0.25) is 0 Å². The summed E-state index contributed by atoms with van der Waals surface area (Å²) in [5.74, 6) is -0.282. The van der Waals surface area contributed by atoms with E-state index in [4.69, 9.17) is 4.74 Å². The number of benzene rings is 1. The van der Waals surface area contributed by atoms with Crippen molar-refractivity contribution in [3.63, 3.8) is 0 Å². The highest BCUT2D eigenvalue weighted by Gasteiger charge is 2.04. The Kier molecular flexibility index (Phi) is 5.72. The van der Waals surface area contributed by atoms with E-state index in [1.54, 1.807) is 12.1 Å². The Hall–Kier alpha value is -2.40. The fraction of sp³-hybridized carbons (Fsp3) is 0.250. The van der Waals surface area contributed by atoms with Crippen molar-refractivity contribution in [2.75, 3.05) is 13.2 Å². The van der Waals surface area contributed by atoms with Crippen LogP contribution in [0.4, 0.5) is 0 Å². The van der Waals surface area contributed by atoms with E-state index in [2.05, 4.69) is 10.3 Å². The molecule has 0 aliphatic heterocycles. The van der Waals surface area contributed by atoms with E-state index in [1.807, 2.05) is 30.3 Å². The van der Waals surface area contributed by atoms with E-state index in [1.165, 1.54) is 6.07 Å². The predicted octanol–water partition coefficient (Wildman–Crippen LogP) is 1.71. The largest absolute Gasteiger partial charge is 0.377 e. The van der Waals surface area contributed by atoms with Crippen LogP contribution in [-0.2, 0) is 11.3 Å². The molecule has 5 nitrogen and oxygen atoms in total.